The zero-order valence-corrected chi connectivity index (χ0v) is 9.28. The summed E-state index contributed by atoms with van der Waals surface area (Å²) in [5.41, 5.74) is 0.653. The van der Waals surface area contributed by atoms with E-state index in [4.69, 9.17) is 4.74 Å². The van der Waals surface area contributed by atoms with Crippen molar-refractivity contribution in [2.45, 2.75) is 25.2 Å². The minimum absolute atomic E-state index is 0.0966. The van der Waals surface area contributed by atoms with Crippen LogP contribution in [0.15, 0.2) is 12.1 Å². The maximum absolute atomic E-state index is 11.3. The Bertz CT molecular complexity index is 447. The fourth-order valence-corrected chi connectivity index (χ4v) is 2.21. The number of hydrogen-bond acceptors (Lipinski definition) is 3. The second-order valence-electron chi connectivity index (χ2n) is 4.23. The number of benzene rings is 1. The van der Waals surface area contributed by atoms with Gasteiger partial charge < -0.3 is 14.9 Å². The van der Waals surface area contributed by atoms with Crippen LogP contribution in [0.5, 0.6) is 11.5 Å². The van der Waals surface area contributed by atoms with Gasteiger partial charge in [-0.05, 0) is 31.4 Å². The second kappa shape index (κ2) is 3.40. The molecule has 2 N–H and O–H groups in total. The Balaban J connectivity index is 2.60. The third kappa shape index (κ3) is 1.41. The molecule has 4 heteroatoms. The highest BCUT2D eigenvalue weighted by atomic mass is 16.5. The molecule has 1 aromatic rings. The smallest absolute Gasteiger partial charge is 0.314 e. The van der Waals surface area contributed by atoms with Crippen LogP contribution in [0.2, 0.25) is 0 Å². The quantitative estimate of drug-likeness (QED) is 0.818. The van der Waals surface area contributed by atoms with Crippen LogP contribution in [0.1, 0.15) is 24.0 Å². The fraction of sp³-hybridized carbons (Fsp3) is 0.417. The minimum Gasteiger partial charge on any atom is -0.508 e. The summed E-state index contributed by atoms with van der Waals surface area (Å²) in [5, 5.41) is 18.7. The second-order valence-corrected chi connectivity index (χ2v) is 4.23. The Morgan fingerprint density at radius 2 is 2.06 bits per heavy atom. The molecule has 4 nitrogen and oxygen atoms in total. The number of aliphatic carboxylic acids is 1. The van der Waals surface area contributed by atoms with Gasteiger partial charge in [0.1, 0.15) is 11.5 Å². The van der Waals surface area contributed by atoms with Crippen LogP contribution >= 0.6 is 0 Å². The summed E-state index contributed by atoms with van der Waals surface area (Å²) >= 11 is 0. The van der Waals surface area contributed by atoms with Gasteiger partial charge in [-0.25, -0.2) is 0 Å². The molecular formula is C12H14O4. The molecule has 0 aromatic heterocycles. The van der Waals surface area contributed by atoms with Gasteiger partial charge in [-0.15, -0.1) is 0 Å². The van der Waals surface area contributed by atoms with Crippen molar-refractivity contribution >= 4 is 5.97 Å². The van der Waals surface area contributed by atoms with Crippen molar-refractivity contribution in [3.8, 4) is 11.5 Å². The van der Waals surface area contributed by atoms with Gasteiger partial charge in [-0.2, -0.15) is 0 Å². The van der Waals surface area contributed by atoms with E-state index in [0.29, 0.717) is 24.2 Å². The molecule has 86 valence electrons. The lowest BCUT2D eigenvalue weighted by molar-refractivity contribution is -0.140. The first kappa shape index (κ1) is 10.8. The Morgan fingerprint density at radius 3 is 2.50 bits per heavy atom. The summed E-state index contributed by atoms with van der Waals surface area (Å²) in [4.78, 5) is 11.3. The fourth-order valence-electron chi connectivity index (χ4n) is 2.21. The number of carboxylic acid groups (broad SMARTS) is 1. The number of phenols is 1. The van der Waals surface area contributed by atoms with E-state index in [1.807, 2.05) is 0 Å². The highest BCUT2D eigenvalue weighted by Crippen LogP contribution is 2.53. The number of aryl methyl sites for hydroxylation is 1. The van der Waals surface area contributed by atoms with E-state index < -0.39 is 11.4 Å². The standard InChI is InChI=1S/C12H14O4/c1-7-5-8(13)6-9(16-2)10(7)12(3-4-12)11(14)15/h5-6,13H,3-4H2,1-2H3,(H,14,15). The molecule has 0 heterocycles. The van der Waals surface area contributed by atoms with Gasteiger partial charge in [-0.1, -0.05) is 0 Å². The molecule has 1 aliphatic carbocycles. The van der Waals surface area contributed by atoms with Crippen LogP contribution < -0.4 is 4.74 Å². The summed E-state index contributed by atoms with van der Waals surface area (Å²) in [6, 6.07) is 3.03. The van der Waals surface area contributed by atoms with Gasteiger partial charge in [0, 0.05) is 11.6 Å². The van der Waals surface area contributed by atoms with E-state index in [9.17, 15) is 15.0 Å². The molecule has 0 radical (unpaired) electrons. The molecule has 0 bridgehead atoms. The van der Waals surface area contributed by atoms with E-state index in [-0.39, 0.29) is 5.75 Å². The lowest BCUT2D eigenvalue weighted by Crippen LogP contribution is -2.21. The van der Waals surface area contributed by atoms with Crippen LogP contribution in [0.25, 0.3) is 0 Å². The summed E-state index contributed by atoms with van der Waals surface area (Å²) < 4.78 is 5.16. The van der Waals surface area contributed by atoms with Crippen molar-refractivity contribution in [2.24, 2.45) is 0 Å². The molecule has 0 saturated heterocycles. The van der Waals surface area contributed by atoms with Crippen molar-refractivity contribution in [2.75, 3.05) is 7.11 Å². The number of hydrogen-bond donors (Lipinski definition) is 2. The van der Waals surface area contributed by atoms with Gasteiger partial charge in [-0.3, -0.25) is 4.79 Å². The molecule has 1 saturated carbocycles. The van der Waals surface area contributed by atoms with Crippen LogP contribution in [0, 0.1) is 6.92 Å². The number of methoxy groups -OCH3 is 1. The number of carboxylic acids is 1. The first-order chi connectivity index (χ1) is 7.51. The number of rotatable bonds is 3. The molecule has 1 aromatic carbocycles. The predicted octanol–water partition coefficient (Wildman–Crippen LogP) is 1.83. The molecule has 0 unspecified atom stereocenters. The van der Waals surface area contributed by atoms with Crippen molar-refractivity contribution in [1.29, 1.82) is 0 Å². The van der Waals surface area contributed by atoms with Crippen molar-refractivity contribution in [3.05, 3.63) is 23.3 Å². The summed E-state index contributed by atoms with van der Waals surface area (Å²) in [6.45, 7) is 1.79. The van der Waals surface area contributed by atoms with Gasteiger partial charge >= 0.3 is 5.97 Å². The van der Waals surface area contributed by atoms with Crippen LogP contribution in [-0.4, -0.2) is 23.3 Å². The molecule has 2 rings (SSSR count). The van der Waals surface area contributed by atoms with Gasteiger partial charge in [0.25, 0.3) is 0 Å². The molecule has 1 aliphatic rings. The van der Waals surface area contributed by atoms with Crippen LogP contribution in [-0.2, 0) is 10.2 Å². The minimum atomic E-state index is -0.820. The maximum Gasteiger partial charge on any atom is 0.314 e. The van der Waals surface area contributed by atoms with E-state index >= 15 is 0 Å². The van der Waals surface area contributed by atoms with Gasteiger partial charge in [0.15, 0.2) is 0 Å². The highest BCUT2D eigenvalue weighted by molar-refractivity contribution is 5.86. The molecule has 0 amide bonds. The molecule has 0 spiro atoms. The van der Waals surface area contributed by atoms with E-state index in [2.05, 4.69) is 0 Å². The van der Waals surface area contributed by atoms with Gasteiger partial charge in [0.2, 0.25) is 0 Å². The summed E-state index contributed by atoms with van der Waals surface area (Å²) in [7, 11) is 1.48. The Labute approximate surface area is 93.5 Å². The van der Waals surface area contributed by atoms with E-state index in [0.717, 1.165) is 5.56 Å². The lowest BCUT2D eigenvalue weighted by Gasteiger charge is -2.17. The van der Waals surface area contributed by atoms with Crippen LogP contribution in [0.4, 0.5) is 0 Å². The molecule has 0 atom stereocenters. The highest BCUT2D eigenvalue weighted by Gasteiger charge is 2.54. The summed E-state index contributed by atoms with van der Waals surface area (Å²) in [6.07, 6.45) is 1.26. The average molecular weight is 222 g/mol. The van der Waals surface area contributed by atoms with Gasteiger partial charge in [0.05, 0.1) is 12.5 Å². The SMILES string of the molecule is COc1cc(O)cc(C)c1C1(C(=O)O)CC1. The topological polar surface area (TPSA) is 66.8 Å². The number of ether oxygens (including phenoxy) is 1. The van der Waals surface area contributed by atoms with Crippen molar-refractivity contribution in [3.63, 3.8) is 0 Å². The largest absolute Gasteiger partial charge is 0.508 e. The molecule has 1 fully saturated rings. The molecule has 16 heavy (non-hydrogen) atoms. The number of phenolic OH excluding ortho intramolecular Hbond substituents is 1. The van der Waals surface area contributed by atoms with Crippen molar-refractivity contribution in [1.82, 2.24) is 0 Å². The molecule has 0 aliphatic heterocycles. The monoisotopic (exact) mass is 222 g/mol. The lowest BCUT2D eigenvalue weighted by atomic mass is 9.91. The van der Waals surface area contributed by atoms with E-state index in [1.54, 1.807) is 13.0 Å². The first-order valence-corrected chi connectivity index (χ1v) is 5.13. The third-order valence-electron chi connectivity index (χ3n) is 3.14. The normalized spacial score (nSPS) is 16.9. The Morgan fingerprint density at radius 1 is 1.44 bits per heavy atom. The average Bonchev–Trinajstić information content (AvgIpc) is 2.97. The maximum atomic E-state index is 11.3. The van der Waals surface area contributed by atoms with Crippen molar-refractivity contribution < 1.29 is 19.7 Å². The molecular weight excluding hydrogens is 208 g/mol. The number of carbonyl (C=O) groups is 1. The zero-order chi connectivity index (χ0) is 11.9. The Kier molecular flexibility index (Phi) is 2.30. The van der Waals surface area contributed by atoms with E-state index in [1.165, 1.54) is 13.2 Å². The zero-order valence-electron chi connectivity index (χ0n) is 9.28. The number of aromatic hydroxyl groups is 1. The Hall–Kier alpha value is -1.71. The summed E-state index contributed by atoms with van der Waals surface area (Å²) in [5.74, 6) is -0.267. The predicted molar refractivity (Wildman–Crippen MR) is 57.9 cm³/mol. The first-order valence-electron chi connectivity index (χ1n) is 5.13. The third-order valence-corrected chi connectivity index (χ3v) is 3.14. The van der Waals surface area contributed by atoms with Crippen LogP contribution in [0.3, 0.4) is 0 Å².